The van der Waals surface area contributed by atoms with Crippen molar-refractivity contribution in [1.29, 1.82) is 0 Å². The van der Waals surface area contributed by atoms with Crippen molar-refractivity contribution in [2.24, 2.45) is 0 Å². The molecule has 0 spiro atoms. The van der Waals surface area contributed by atoms with E-state index >= 15 is 0 Å². The molecule has 0 aliphatic carbocycles. The summed E-state index contributed by atoms with van der Waals surface area (Å²) in [5.74, 6) is 0.175. The van der Waals surface area contributed by atoms with Crippen LogP contribution in [0.25, 0.3) is 0 Å². The second kappa shape index (κ2) is 5.63. The maximum Gasteiger partial charge on any atom is 0.232 e. The zero-order valence-corrected chi connectivity index (χ0v) is 12.2. The largest absolute Gasteiger partial charge is 0.324 e. The Morgan fingerprint density at radius 1 is 0.778 bits per heavy atom. The van der Waals surface area contributed by atoms with Crippen LogP contribution in [0.1, 0.15) is 0 Å². The highest BCUT2D eigenvalue weighted by atomic mass is 35.5. The molecule has 0 bridgehead atoms. The number of halogens is 5. The van der Waals surface area contributed by atoms with Crippen molar-refractivity contribution in [2.45, 2.75) is 0 Å². The summed E-state index contributed by atoms with van der Waals surface area (Å²) < 4.78 is 0. The van der Waals surface area contributed by atoms with Gasteiger partial charge in [-0.25, -0.2) is 0 Å². The van der Waals surface area contributed by atoms with Gasteiger partial charge in [0.2, 0.25) is 16.5 Å². The zero-order valence-electron chi connectivity index (χ0n) is 8.39. The maximum atomic E-state index is 5.89. The first-order valence-electron chi connectivity index (χ1n) is 4.44. The Morgan fingerprint density at radius 3 is 1.78 bits per heavy atom. The first-order chi connectivity index (χ1) is 8.45. The SMILES string of the molecule is Clc1nc(Cl)nc(Nc2cc(Cl)c(Cl)c(Cl)c2)n1. The van der Waals surface area contributed by atoms with Crippen LogP contribution in [-0.4, -0.2) is 15.0 Å². The highest BCUT2D eigenvalue weighted by molar-refractivity contribution is 6.48. The van der Waals surface area contributed by atoms with E-state index in [0.717, 1.165) is 0 Å². The third-order valence-electron chi connectivity index (χ3n) is 1.82. The molecule has 1 heterocycles. The summed E-state index contributed by atoms with van der Waals surface area (Å²) in [4.78, 5) is 11.3. The van der Waals surface area contributed by atoms with Gasteiger partial charge in [0, 0.05) is 5.69 Å². The Hall–Kier alpha value is -0.520. The van der Waals surface area contributed by atoms with E-state index in [2.05, 4.69) is 20.3 Å². The summed E-state index contributed by atoms with van der Waals surface area (Å²) in [5, 5.41) is 3.67. The smallest absolute Gasteiger partial charge is 0.232 e. The Balaban J connectivity index is 2.34. The van der Waals surface area contributed by atoms with Gasteiger partial charge in [-0.05, 0) is 35.3 Å². The lowest BCUT2D eigenvalue weighted by atomic mass is 10.3. The third kappa shape index (κ3) is 3.28. The van der Waals surface area contributed by atoms with Crippen LogP contribution in [-0.2, 0) is 0 Å². The van der Waals surface area contributed by atoms with Crippen molar-refractivity contribution in [1.82, 2.24) is 15.0 Å². The molecule has 0 unspecified atom stereocenters. The quantitative estimate of drug-likeness (QED) is 0.789. The van der Waals surface area contributed by atoms with Gasteiger partial charge in [-0.15, -0.1) is 0 Å². The van der Waals surface area contributed by atoms with E-state index < -0.39 is 0 Å². The van der Waals surface area contributed by atoms with E-state index in [4.69, 9.17) is 58.0 Å². The fourth-order valence-corrected chi connectivity index (χ4v) is 2.10. The van der Waals surface area contributed by atoms with Crippen molar-refractivity contribution in [3.63, 3.8) is 0 Å². The van der Waals surface area contributed by atoms with Gasteiger partial charge in [0.05, 0.1) is 15.1 Å². The number of aromatic nitrogens is 3. The van der Waals surface area contributed by atoms with Crippen molar-refractivity contribution in [2.75, 3.05) is 5.32 Å². The normalized spacial score (nSPS) is 10.5. The molecule has 0 radical (unpaired) electrons. The third-order valence-corrected chi connectivity index (χ3v) is 3.36. The van der Waals surface area contributed by atoms with E-state index in [0.29, 0.717) is 15.7 Å². The molecule has 0 saturated carbocycles. The minimum absolute atomic E-state index is 0.0244. The van der Waals surface area contributed by atoms with Crippen LogP contribution in [0, 0.1) is 0 Å². The fourth-order valence-electron chi connectivity index (χ4n) is 1.14. The average Bonchev–Trinajstić information content (AvgIpc) is 2.24. The Bertz CT molecular complexity index is 560. The number of nitrogens with one attached hydrogen (secondary N) is 1. The van der Waals surface area contributed by atoms with Gasteiger partial charge in [-0.3, -0.25) is 0 Å². The Kier molecular flexibility index (Phi) is 4.35. The fraction of sp³-hybridized carbons (Fsp3) is 0. The molecule has 0 aliphatic heterocycles. The molecule has 2 aromatic rings. The summed E-state index contributed by atoms with van der Waals surface area (Å²) in [6.45, 7) is 0. The lowest BCUT2D eigenvalue weighted by molar-refractivity contribution is 1.05. The molecular weight excluding hydrogens is 341 g/mol. The highest BCUT2D eigenvalue weighted by Crippen LogP contribution is 2.33. The van der Waals surface area contributed by atoms with Crippen LogP contribution in [0.15, 0.2) is 12.1 Å². The maximum absolute atomic E-state index is 5.89. The van der Waals surface area contributed by atoms with Gasteiger partial charge in [-0.1, -0.05) is 34.8 Å². The molecular formula is C9H3Cl5N4. The van der Waals surface area contributed by atoms with Crippen molar-refractivity contribution in [3.05, 3.63) is 37.8 Å². The van der Waals surface area contributed by atoms with Crippen LogP contribution in [0.4, 0.5) is 11.6 Å². The molecule has 18 heavy (non-hydrogen) atoms. The number of nitrogens with zero attached hydrogens (tertiary/aromatic N) is 3. The predicted molar refractivity (Wildman–Crippen MR) is 74.6 cm³/mol. The summed E-state index contributed by atoms with van der Waals surface area (Å²) >= 11 is 28.9. The number of rotatable bonds is 2. The van der Waals surface area contributed by atoms with Gasteiger partial charge < -0.3 is 5.32 Å². The highest BCUT2D eigenvalue weighted by Gasteiger charge is 2.08. The minimum atomic E-state index is -0.0244. The van der Waals surface area contributed by atoms with Crippen LogP contribution >= 0.6 is 58.0 Å². The summed E-state index contributed by atoms with van der Waals surface area (Å²) in [6, 6.07) is 3.14. The molecule has 0 amide bonds. The van der Waals surface area contributed by atoms with Gasteiger partial charge >= 0.3 is 0 Å². The van der Waals surface area contributed by atoms with Gasteiger partial charge in [0.1, 0.15) is 0 Å². The molecule has 0 fully saturated rings. The average molecular weight is 344 g/mol. The number of hydrogen-bond acceptors (Lipinski definition) is 4. The molecule has 0 atom stereocenters. The van der Waals surface area contributed by atoms with Crippen LogP contribution in [0.2, 0.25) is 25.6 Å². The standard InChI is InChI=1S/C9H3Cl5N4/c10-4-1-3(2-5(11)6(4)12)15-9-17-7(13)16-8(14)18-9/h1-2H,(H,15,16,17,18). The van der Waals surface area contributed by atoms with Crippen LogP contribution in [0.5, 0.6) is 0 Å². The topological polar surface area (TPSA) is 50.7 Å². The van der Waals surface area contributed by atoms with Crippen molar-refractivity contribution < 1.29 is 0 Å². The molecule has 1 N–H and O–H groups in total. The molecule has 2 rings (SSSR count). The van der Waals surface area contributed by atoms with Crippen LogP contribution < -0.4 is 5.32 Å². The molecule has 0 saturated heterocycles. The summed E-state index contributed by atoms with van der Waals surface area (Å²) in [6.07, 6.45) is 0. The lowest BCUT2D eigenvalue weighted by Crippen LogP contribution is -1.99. The van der Waals surface area contributed by atoms with Gasteiger partial charge in [0.15, 0.2) is 0 Å². The number of hydrogen-bond donors (Lipinski definition) is 1. The second-order valence-electron chi connectivity index (χ2n) is 3.08. The molecule has 9 heteroatoms. The van der Waals surface area contributed by atoms with Crippen molar-refractivity contribution >= 4 is 69.6 Å². The second-order valence-corrected chi connectivity index (χ2v) is 4.94. The zero-order chi connectivity index (χ0) is 13.3. The van der Waals surface area contributed by atoms with E-state index in [1.807, 2.05) is 0 Å². The molecule has 4 nitrogen and oxygen atoms in total. The number of anilines is 2. The molecule has 1 aromatic heterocycles. The van der Waals surface area contributed by atoms with E-state index in [-0.39, 0.29) is 21.5 Å². The Morgan fingerprint density at radius 2 is 1.28 bits per heavy atom. The predicted octanol–water partition coefficient (Wildman–Crippen LogP) is 4.88. The molecule has 94 valence electrons. The number of benzene rings is 1. The van der Waals surface area contributed by atoms with E-state index in [1.165, 1.54) is 0 Å². The van der Waals surface area contributed by atoms with Crippen LogP contribution in [0.3, 0.4) is 0 Å². The summed E-state index contributed by atoms with van der Waals surface area (Å²) in [7, 11) is 0. The lowest BCUT2D eigenvalue weighted by Gasteiger charge is -2.07. The summed E-state index contributed by atoms with van der Waals surface area (Å²) in [5.41, 5.74) is 0.549. The van der Waals surface area contributed by atoms with Gasteiger partial charge in [-0.2, -0.15) is 15.0 Å². The minimum Gasteiger partial charge on any atom is -0.324 e. The van der Waals surface area contributed by atoms with E-state index in [1.54, 1.807) is 12.1 Å². The molecule has 1 aromatic carbocycles. The van der Waals surface area contributed by atoms with E-state index in [9.17, 15) is 0 Å². The first-order valence-corrected chi connectivity index (χ1v) is 6.33. The monoisotopic (exact) mass is 342 g/mol. The van der Waals surface area contributed by atoms with Crippen molar-refractivity contribution in [3.8, 4) is 0 Å². The Labute approximate surface area is 127 Å². The first kappa shape index (κ1) is 13.9. The van der Waals surface area contributed by atoms with Gasteiger partial charge in [0.25, 0.3) is 0 Å². The molecule has 0 aliphatic rings.